The predicted molar refractivity (Wildman–Crippen MR) is 86.4 cm³/mol. The molecule has 0 bridgehead atoms. The van der Waals surface area contributed by atoms with Crippen LogP contribution in [0, 0.1) is 0 Å². The van der Waals surface area contributed by atoms with Crippen LogP contribution in [-0.2, 0) is 6.54 Å². The molecular weight excluding hydrogens is 325 g/mol. The summed E-state index contributed by atoms with van der Waals surface area (Å²) in [6, 6.07) is 10.7. The van der Waals surface area contributed by atoms with E-state index in [0.29, 0.717) is 41.2 Å². The minimum absolute atomic E-state index is 0.0818. The molecule has 0 saturated carbocycles. The number of aromatic carboxylic acids is 1. The monoisotopic (exact) mass is 337 g/mol. The summed E-state index contributed by atoms with van der Waals surface area (Å²) >= 11 is 12.1. The van der Waals surface area contributed by atoms with Gasteiger partial charge < -0.3 is 14.7 Å². The van der Waals surface area contributed by atoms with Gasteiger partial charge in [-0.15, -0.1) is 0 Å². The number of halogens is 2. The molecule has 2 aromatic carbocycles. The summed E-state index contributed by atoms with van der Waals surface area (Å²) in [5, 5.41) is 10.3. The number of anilines is 1. The van der Waals surface area contributed by atoms with Crippen LogP contribution in [0.4, 0.5) is 5.69 Å². The SMILES string of the molecule is O=C(O)c1cc(Cl)cc2c1OCCN2Cc1cccc(Cl)c1. The largest absolute Gasteiger partial charge is 0.489 e. The van der Waals surface area contributed by atoms with E-state index >= 15 is 0 Å². The molecule has 0 atom stereocenters. The van der Waals surface area contributed by atoms with Crippen molar-refractivity contribution in [3.05, 3.63) is 57.6 Å². The number of hydrogen-bond acceptors (Lipinski definition) is 3. The third-order valence-corrected chi connectivity index (χ3v) is 3.93. The molecule has 1 aliphatic heterocycles. The molecule has 0 saturated heterocycles. The Kier molecular flexibility index (Phi) is 4.14. The Hall–Kier alpha value is -1.91. The van der Waals surface area contributed by atoms with Crippen LogP contribution in [0.5, 0.6) is 5.75 Å². The van der Waals surface area contributed by atoms with Crippen LogP contribution in [0.15, 0.2) is 36.4 Å². The fraction of sp³-hybridized carbons (Fsp3) is 0.188. The third kappa shape index (κ3) is 2.98. The lowest BCUT2D eigenvalue weighted by molar-refractivity contribution is 0.0692. The minimum Gasteiger partial charge on any atom is -0.489 e. The topological polar surface area (TPSA) is 49.8 Å². The molecule has 1 N–H and O–H groups in total. The lowest BCUT2D eigenvalue weighted by Crippen LogP contribution is -2.33. The predicted octanol–water partition coefficient (Wildman–Crippen LogP) is 4.09. The van der Waals surface area contributed by atoms with E-state index in [1.54, 1.807) is 6.07 Å². The second kappa shape index (κ2) is 6.07. The average molecular weight is 338 g/mol. The Labute approximate surface area is 137 Å². The fourth-order valence-corrected chi connectivity index (χ4v) is 2.95. The molecular formula is C16H13Cl2NO3. The molecule has 4 nitrogen and oxygen atoms in total. The van der Waals surface area contributed by atoms with Gasteiger partial charge in [-0.2, -0.15) is 0 Å². The van der Waals surface area contributed by atoms with Gasteiger partial charge >= 0.3 is 5.97 Å². The van der Waals surface area contributed by atoms with Gasteiger partial charge in [-0.3, -0.25) is 0 Å². The highest BCUT2D eigenvalue weighted by Crippen LogP contribution is 2.38. The maximum absolute atomic E-state index is 11.4. The van der Waals surface area contributed by atoms with Crippen molar-refractivity contribution in [2.45, 2.75) is 6.54 Å². The molecule has 1 heterocycles. The highest BCUT2D eigenvalue weighted by molar-refractivity contribution is 6.31. The van der Waals surface area contributed by atoms with E-state index in [0.717, 1.165) is 5.56 Å². The number of hydrogen-bond donors (Lipinski definition) is 1. The Morgan fingerprint density at radius 3 is 2.77 bits per heavy atom. The van der Waals surface area contributed by atoms with Gasteiger partial charge in [0.2, 0.25) is 0 Å². The molecule has 1 aliphatic rings. The van der Waals surface area contributed by atoms with Crippen molar-refractivity contribution in [1.82, 2.24) is 0 Å². The molecule has 0 spiro atoms. The number of carbonyl (C=O) groups is 1. The molecule has 0 aliphatic carbocycles. The lowest BCUT2D eigenvalue weighted by Gasteiger charge is -2.32. The van der Waals surface area contributed by atoms with Crippen molar-refractivity contribution in [2.75, 3.05) is 18.1 Å². The second-order valence-electron chi connectivity index (χ2n) is 5.01. The van der Waals surface area contributed by atoms with E-state index in [1.807, 2.05) is 29.2 Å². The van der Waals surface area contributed by atoms with Crippen LogP contribution < -0.4 is 9.64 Å². The molecule has 0 radical (unpaired) electrons. The first-order valence-corrected chi connectivity index (χ1v) is 7.49. The fourth-order valence-electron chi connectivity index (χ4n) is 2.52. The Morgan fingerprint density at radius 2 is 2.05 bits per heavy atom. The minimum atomic E-state index is -1.05. The zero-order valence-corrected chi connectivity index (χ0v) is 13.1. The Morgan fingerprint density at radius 1 is 1.23 bits per heavy atom. The van der Waals surface area contributed by atoms with Gasteiger partial charge in [0.25, 0.3) is 0 Å². The van der Waals surface area contributed by atoms with Gasteiger partial charge in [-0.25, -0.2) is 4.79 Å². The van der Waals surface area contributed by atoms with E-state index < -0.39 is 5.97 Å². The summed E-state index contributed by atoms with van der Waals surface area (Å²) in [5.41, 5.74) is 1.81. The van der Waals surface area contributed by atoms with Crippen molar-refractivity contribution >= 4 is 34.9 Å². The normalized spacial score (nSPS) is 13.5. The second-order valence-corrected chi connectivity index (χ2v) is 5.88. The first-order chi connectivity index (χ1) is 10.5. The maximum atomic E-state index is 11.4. The summed E-state index contributed by atoms with van der Waals surface area (Å²) in [6.45, 7) is 1.69. The average Bonchev–Trinajstić information content (AvgIpc) is 2.47. The van der Waals surface area contributed by atoms with Gasteiger partial charge in [0.15, 0.2) is 5.75 Å². The van der Waals surface area contributed by atoms with E-state index in [-0.39, 0.29) is 5.56 Å². The van der Waals surface area contributed by atoms with Crippen molar-refractivity contribution in [1.29, 1.82) is 0 Å². The van der Waals surface area contributed by atoms with E-state index in [9.17, 15) is 9.90 Å². The van der Waals surface area contributed by atoms with Crippen LogP contribution in [0.2, 0.25) is 10.0 Å². The van der Waals surface area contributed by atoms with Crippen molar-refractivity contribution in [3.63, 3.8) is 0 Å². The third-order valence-electron chi connectivity index (χ3n) is 3.48. The summed E-state index contributed by atoms with van der Waals surface area (Å²) in [5.74, 6) is -0.687. The van der Waals surface area contributed by atoms with Crippen molar-refractivity contribution in [2.24, 2.45) is 0 Å². The zero-order chi connectivity index (χ0) is 15.7. The van der Waals surface area contributed by atoms with Gasteiger partial charge in [0, 0.05) is 16.6 Å². The van der Waals surface area contributed by atoms with Crippen molar-refractivity contribution < 1.29 is 14.6 Å². The van der Waals surface area contributed by atoms with Gasteiger partial charge in [0.05, 0.1) is 12.2 Å². The van der Waals surface area contributed by atoms with Crippen LogP contribution in [0.3, 0.4) is 0 Å². The molecule has 0 fully saturated rings. The van der Waals surface area contributed by atoms with E-state index in [4.69, 9.17) is 27.9 Å². The van der Waals surface area contributed by atoms with Gasteiger partial charge in [-0.05, 0) is 29.8 Å². The first-order valence-electron chi connectivity index (χ1n) is 6.73. The zero-order valence-electron chi connectivity index (χ0n) is 11.6. The lowest BCUT2D eigenvalue weighted by atomic mass is 10.1. The summed E-state index contributed by atoms with van der Waals surface area (Å²) in [4.78, 5) is 13.4. The molecule has 0 amide bonds. The molecule has 2 aromatic rings. The molecule has 3 rings (SSSR count). The maximum Gasteiger partial charge on any atom is 0.339 e. The van der Waals surface area contributed by atoms with Crippen LogP contribution >= 0.6 is 23.2 Å². The van der Waals surface area contributed by atoms with Crippen LogP contribution in [-0.4, -0.2) is 24.2 Å². The standard InChI is InChI=1S/C16H13Cl2NO3/c17-11-3-1-2-10(6-11)9-19-4-5-22-15-13(16(20)21)7-12(18)8-14(15)19/h1-3,6-8H,4-5,9H2,(H,20,21). The molecule has 6 heteroatoms. The van der Waals surface area contributed by atoms with E-state index in [1.165, 1.54) is 6.07 Å². The van der Waals surface area contributed by atoms with Crippen LogP contribution in [0.25, 0.3) is 0 Å². The summed E-state index contributed by atoms with van der Waals surface area (Å²) in [7, 11) is 0. The number of ether oxygens (including phenoxy) is 1. The smallest absolute Gasteiger partial charge is 0.339 e. The Bertz CT molecular complexity index is 733. The number of nitrogens with zero attached hydrogens (tertiary/aromatic N) is 1. The van der Waals surface area contributed by atoms with Crippen LogP contribution in [0.1, 0.15) is 15.9 Å². The number of rotatable bonds is 3. The molecule has 0 aromatic heterocycles. The van der Waals surface area contributed by atoms with Crippen molar-refractivity contribution in [3.8, 4) is 5.75 Å². The van der Waals surface area contributed by atoms with Gasteiger partial charge in [-0.1, -0.05) is 35.3 Å². The molecule has 0 unspecified atom stereocenters. The quantitative estimate of drug-likeness (QED) is 0.916. The number of carboxylic acids is 1. The number of carboxylic acid groups (broad SMARTS) is 1. The molecule has 22 heavy (non-hydrogen) atoms. The van der Waals surface area contributed by atoms with E-state index in [2.05, 4.69) is 0 Å². The highest BCUT2D eigenvalue weighted by atomic mass is 35.5. The molecule has 114 valence electrons. The summed E-state index contributed by atoms with van der Waals surface area (Å²) in [6.07, 6.45) is 0. The number of fused-ring (bicyclic) bond motifs is 1. The summed E-state index contributed by atoms with van der Waals surface area (Å²) < 4.78 is 5.56. The van der Waals surface area contributed by atoms with Gasteiger partial charge in [0.1, 0.15) is 12.2 Å². The Balaban J connectivity index is 1.99. The highest BCUT2D eigenvalue weighted by Gasteiger charge is 2.25. The first kappa shape index (κ1) is 15.0. The number of benzene rings is 2.